The highest BCUT2D eigenvalue weighted by Gasteiger charge is 2.20. The Hall–Kier alpha value is -2.55. The Labute approximate surface area is 111 Å². The molecule has 19 heavy (non-hydrogen) atoms. The van der Waals surface area contributed by atoms with Crippen LogP contribution in [-0.4, -0.2) is 12.6 Å². The SMILES string of the molecule is O=C1O/C(=C/c2ccccc2)COc2ccccc21. The van der Waals surface area contributed by atoms with Crippen molar-refractivity contribution in [1.29, 1.82) is 0 Å². The second-order valence-corrected chi connectivity index (χ2v) is 4.20. The van der Waals surface area contributed by atoms with Gasteiger partial charge in [0.2, 0.25) is 0 Å². The number of hydrogen-bond donors (Lipinski definition) is 0. The van der Waals surface area contributed by atoms with E-state index in [4.69, 9.17) is 9.47 Å². The lowest BCUT2D eigenvalue weighted by Crippen LogP contribution is -2.04. The molecule has 1 heterocycles. The maximum Gasteiger partial charge on any atom is 0.347 e. The lowest BCUT2D eigenvalue weighted by molar-refractivity contribution is 0.0621. The van der Waals surface area contributed by atoms with Crippen LogP contribution >= 0.6 is 0 Å². The summed E-state index contributed by atoms with van der Waals surface area (Å²) >= 11 is 0. The summed E-state index contributed by atoms with van der Waals surface area (Å²) in [4.78, 5) is 12.0. The van der Waals surface area contributed by atoms with Crippen molar-refractivity contribution in [3.05, 3.63) is 71.5 Å². The summed E-state index contributed by atoms with van der Waals surface area (Å²) in [5, 5.41) is 0. The molecule has 2 aromatic carbocycles. The van der Waals surface area contributed by atoms with Gasteiger partial charge in [-0.05, 0) is 23.8 Å². The second kappa shape index (κ2) is 4.98. The van der Waals surface area contributed by atoms with Crippen molar-refractivity contribution in [1.82, 2.24) is 0 Å². The molecule has 3 heteroatoms. The van der Waals surface area contributed by atoms with Crippen LogP contribution < -0.4 is 4.74 Å². The van der Waals surface area contributed by atoms with Crippen LogP contribution in [0, 0.1) is 0 Å². The maximum atomic E-state index is 12.0. The zero-order valence-corrected chi connectivity index (χ0v) is 10.2. The monoisotopic (exact) mass is 252 g/mol. The highest BCUT2D eigenvalue weighted by atomic mass is 16.6. The minimum Gasteiger partial charge on any atom is -0.485 e. The smallest absolute Gasteiger partial charge is 0.347 e. The number of rotatable bonds is 1. The molecule has 2 aromatic rings. The van der Waals surface area contributed by atoms with Crippen LogP contribution in [0.15, 0.2) is 60.4 Å². The summed E-state index contributed by atoms with van der Waals surface area (Å²) in [6.07, 6.45) is 1.81. The Bertz CT molecular complexity index is 629. The van der Waals surface area contributed by atoms with Crippen molar-refractivity contribution < 1.29 is 14.3 Å². The zero-order valence-electron chi connectivity index (χ0n) is 10.2. The molecule has 0 N–H and O–H groups in total. The number of hydrogen-bond acceptors (Lipinski definition) is 3. The van der Waals surface area contributed by atoms with Gasteiger partial charge in [-0.25, -0.2) is 4.79 Å². The van der Waals surface area contributed by atoms with Crippen LogP contribution in [-0.2, 0) is 4.74 Å². The largest absolute Gasteiger partial charge is 0.485 e. The molecular weight excluding hydrogens is 240 g/mol. The number of carbonyl (C=O) groups excluding carboxylic acids is 1. The first-order valence-electron chi connectivity index (χ1n) is 6.02. The van der Waals surface area contributed by atoms with Gasteiger partial charge in [-0.1, -0.05) is 42.5 Å². The van der Waals surface area contributed by atoms with Crippen LogP contribution in [0.1, 0.15) is 15.9 Å². The number of esters is 1. The number of carbonyl (C=O) groups is 1. The lowest BCUT2D eigenvalue weighted by Gasteiger charge is -2.04. The fourth-order valence-corrected chi connectivity index (χ4v) is 1.92. The Balaban J connectivity index is 1.90. The molecule has 3 rings (SSSR count). The van der Waals surface area contributed by atoms with Gasteiger partial charge >= 0.3 is 5.97 Å². The topological polar surface area (TPSA) is 35.5 Å². The molecule has 0 radical (unpaired) electrons. The third kappa shape index (κ3) is 2.50. The van der Waals surface area contributed by atoms with Gasteiger partial charge in [-0.15, -0.1) is 0 Å². The van der Waals surface area contributed by atoms with Crippen LogP contribution in [0.5, 0.6) is 5.75 Å². The van der Waals surface area contributed by atoms with E-state index in [1.54, 1.807) is 18.2 Å². The molecule has 0 saturated carbocycles. The minimum atomic E-state index is -0.379. The van der Waals surface area contributed by atoms with Crippen LogP contribution in [0.25, 0.3) is 6.08 Å². The fourth-order valence-electron chi connectivity index (χ4n) is 1.92. The van der Waals surface area contributed by atoms with E-state index >= 15 is 0 Å². The molecule has 3 nitrogen and oxygen atoms in total. The third-order valence-corrected chi connectivity index (χ3v) is 2.83. The van der Waals surface area contributed by atoms with Crippen molar-refractivity contribution in [3.8, 4) is 5.75 Å². The maximum absolute atomic E-state index is 12.0. The molecule has 0 bridgehead atoms. The third-order valence-electron chi connectivity index (χ3n) is 2.83. The Morgan fingerprint density at radius 3 is 2.53 bits per heavy atom. The molecule has 94 valence electrons. The van der Waals surface area contributed by atoms with Crippen molar-refractivity contribution in [2.75, 3.05) is 6.61 Å². The highest BCUT2D eigenvalue weighted by Crippen LogP contribution is 2.24. The van der Waals surface area contributed by atoms with E-state index in [-0.39, 0.29) is 12.6 Å². The summed E-state index contributed by atoms with van der Waals surface area (Å²) in [6, 6.07) is 16.8. The van der Waals surface area contributed by atoms with Gasteiger partial charge in [-0.3, -0.25) is 0 Å². The van der Waals surface area contributed by atoms with E-state index in [0.29, 0.717) is 17.1 Å². The molecule has 1 aliphatic heterocycles. The van der Waals surface area contributed by atoms with E-state index in [1.165, 1.54) is 0 Å². The van der Waals surface area contributed by atoms with Gasteiger partial charge in [0.25, 0.3) is 0 Å². The minimum absolute atomic E-state index is 0.248. The van der Waals surface area contributed by atoms with Gasteiger partial charge in [0.05, 0.1) is 0 Å². The number of benzene rings is 2. The van der Waals surface area contributed by atoms with Gasteiger partial charge in [-0.2, -0.15) is 0 Å². The molecule has 0 fully saturated rings. The van der Waals surface area contributed by atoms with Gasteiger partial charge in [0.1, 0.15) is 23.7 Å². The molecular formula is C16H12O3. The number of cyclic esters (lactones) is 1. The predicted molar refractivity (Wildman–Crippen MR) is 71.8 cm³/mol. The second-order valence-electron chi connectivity index (χ2n) is 4.20. The first kappa shape index (κ1) is 11.5. The van der Waals surface area contributed by atoms with Crippen LogP contribution in [0.2, 0.25) is 0 Å². The van der Waals surface area contributed by atoms with Gasteiger partial charge < -0.3 is 9.47 Å². The van der Waals surface area contributed by atoms with E-state index in [0.717, 1.165) is 5.56 Å². The molecule has 0 aromatic heterocycles. The van der Waals surface area contributed by atoms with Crippen molar-refractivity contribution in [2.45, 2.75) is 0 Å². The predicted octanol–water partition coefficient (Wildman–Crippen LogP) is 3.28. The Morgan fingerprint density at radius 1 is 0.947 bits per heavy atom. The molecule has 1 aliphatic rings. The van der Waals surface area contributed by atoms with Crippen LogP contribution in [0.4, 0.5) is 0 Å². The number of para-hydroxylation sites is 1. The standard InChI is InChI=1S/C16H12O3/c17-16-14-8-4-5-9-15(14)18-11-13(19-16)10-12-6-2-1-3-7-12/h1-10H,11H2/b13-10+. The Morgan fingerprint density at radius 2 is 1.68 bits per heavy atom. The summed E-state index contributed by atoms with van der Waals surface area (Å²) in [6.45, 7) is 0.248. The van der Waals surface area contributed by atoms with E-state index in [1.807, 2.05) is 42.5 Å². The first-order valence-corrected chi connectivity index (χ1v) is 6.02. The zero-order chi connectivity index (χ0) is 13.1. The van der Waals surface area contributed by atoms with Gasteiger partial charge in [0.15, 0.2) is 0 Å². The van der Waals surface area contributed by atoms with E-state index in [9.17, 15) is 4.79 Å². The normalized spacial score (nSPS) is 16.2. The summed E-state index contributed by atoms with van der Waals surface area (Å²) in [5.74, 6) is 0.687. The molecule has 0 spiro atoms. The molecule has 0 aliphatic carbocycles. The number of ether oxygens (including phenoxy) is 2. The van der Waals surface area contributed by atoms with Crippen molar-refractivity contribution in [3.63, 3.8) is 0 Å². The summed E-state index contributed by atoms with van der Waals surface area (Å²) < 4.78 is 10.9. The average Bonchev–Trinajstić information content (AvgIpc) is 2.60. The highest BCUT2D eigenvalue weighted by molar-refractivity contribution is 5.93. The molecule has 0 amide bonds. The van der Waals surface area contributed by atoms with Crippen molar-refractivity contribution >= 4 is 12.0 Å². The summed E-state index contributed by atoms with van der Waals surface area (Å²) in [7, 11) is 0. The molecule has 0 unspecified atom stereocenters. The fraction of sp³-hybridized carbons (Fsp3) is 0.0625. The number of fused-ring (bicyclic) bond motifs is 1. The first-order chi connectivity index (χ1) is 9.33. The van der Waals surface area contributed by atoms with E-state index in [2.05, 4.69) is 0 Å². The van der Waals surface area contributed by atoms with E-state index < -0.39 is 0 Å². The quantitative estimate of drug-likeness (QED) is 0.731. The van der Waals surface area contributed by atoms with Crippen LogP contribution in [0.3, 0.4) is 0 Å². The summed E-state index contributed by atoms with van der Waals surface area (Å²) in [5.41, 5.74) is 1.43. The lowest BCUT2D eigenvalue weighted by atomic mass is 10.2. The average molecular weight is 252 g/mol. The van der Waals surface area contributed by atoms with Gasteiger partial charge in [0, 0.05) is 0 Å². The van der Waals surface area contributed by atoms with Crippen molar-refractivity contribution in [2.24, 2.45) is 0 Å². The molecule has 0 atom stereocenters. The Kier molecular flexibility index (Phi) is 3.02. The molecule has 0 saturated heterocycles.